The zero-order chi connectivity index (χ0) is 67.7. The maximum atomic E-state index is 3.66. The van der Waals surface area contributed by atoms with Crippen LogP contribution in [0, 0.1) is 118 Å². The smallest absolute Gasteiger partial charge is 0.0164 e. The summed E-state index contributed by atoms with van der Waals surface area (Å²) in [5.41, 5.74) is 8.10. The van der Waals surface area contributed by atoms with E-state index >= 15 is 0 Å². The number of rotatable bonds is 18. The summed E-state index contributed by atoms with van der Waals surface area (Å²) in [6, 6.07) is 4.96. The lowest BCUT2D eigenvalue weighted by atomic mass is 9.53. The zero-order valence-electron chi connectivity index (χ0n) is 66.6. The first kappa shape index (κ1) is 74.3. The molecule has 0 bridgehead atoms. The Hall–Kier alpha value is -1.12. The van der Waals surface area contributed by atoms with Crippen molar-refractivity contribution in [2.75, 3.05) is 0 Å². The van der Waals surface area contributed by atoms with E-state index in [2.05, 4.69) is 61.8 Å². The van der Waals surface area contributed by atoms with Crippen LogP contribution in [0.4, 0.5) is 0 Å². The fourth-order valence-electron chi connectivity index (χ4n) is 29.1. The molecule has 15 rings (SSSR count). The van der Waals surface area contributed by atoms with Crippen molar-refractivity contribution < 1.29 is 0 Å². The standard InChI is InChI=1S/C98H162N2/c1-69-33-49-81(50-34-69)93(77-21-9-5-10-22-77)65-73-41-57-85(58-42-73)99(86-59-43-74(44-60-86)66-94(78-23-11-6-12-24-78)82-51-35-70(2)36-52-82)97-89-29-17-19-31-91(89)98(92-32-20-18-30-90(92)97)100(87-61-45-75(46-62-87)67-95(79-25-13-7-14-26-79)83-53-37-71(3)38-54-83)88-63-47-76(48-64-88)68-96(80-27-15-8-16-28-80)84-55-39-72(4)40-56-84/h65-92,97-98H,5-64H2,1-4H3/b93-65+,94-66+,95-67+,96-68+. The van der Waals surface area contributed by atoms with E-state index in [1.165, 1.54) is 360 Å². The van der Waals surface area contributed by atoms with Crippen molar-refractivity contribution in [1.82, 2.24) is 9.80 Å². The van der Waals surface area contributed by atoms with Crippen LogP contribution in [-0.2, 0) is 0 Å². The third kappa shape index (κ3) is 18.3. The summed E-state index contributed by atoms with van der Waals surface area (Å²) < 4.78 is 0. The first-order valence-electron chi connectivity index (χ1n) is 47.6. The molecular formula is C98H162N2. The highest BCUT2D eigenvalue weighted by Crippen LogP contribution is 2.59. The van der Waals surface area contributed by atoms with Crippen LogP contribution >= 0.6 is 0 Å². The van der Waals surface area contributed by atoms with E-state index in [4.69, 9.17) is 0 Å². The van der Waals surface area contributed by atoms with E-state index in [0.29, 0.717) is 0 Å². The number of hydrogen-bond donors (Lipinski definition) is 0. The van der Waals surface area contributed by atoms with Gasteiger partial charge in [-0.25, -0.2) is 0 Å². The molecule has 2 nitrogen and oxygen atoms in total. The number of allylic oxidation sites excluding steroid dienone is 8. The van der Waals surface area contributed by atoms with Crippen LogP contribution in [0.1, 0.15) is 413 Å². The Balaban J connectivity index is 0.739. The Labute approximate surface area is 620 Å². The van der Waals surface area contributed by atoms with Gasteiger partial charge in [-0.15, -0.1) is 0 Å². The second-order valence-corrected chi connectivity index (χ2v) is 41.2. The molecule has 0 aliphatic heterocycles. The lowest BCUT2D eigenvalue weighted by molar-refractivity contribution is -0.148. The molecule has 0 aromatic carbocycles. The second-order valence-electron chi connectivity index (χ2n) is 41.2. The highest BCUT2D eigenvalue weighted by molar-refractivity contribution is 5.21. The van der Waals surface area contributed by atoms with Gasteiger partial charge in [0.05, 0.1) is 0 Å². The average Bonchev–Trinajstić information content (AvgIpc) is 0.723. The normalized spacial score (nSPS) is 43.1. The third-order valence-corrected chi connectivity index (χ3v) is 34.8. The molecule has 15 saturated carbocycles. The number of nitrogens with zero attached hydrogens (tertiary/aromatic N) is 2. The molecule has 4 unspecified atom stereocenters. The molecule has 0 spiro atoms. The van der Waals surface area contributed by atoms with Gasteiger partial charge in [0.2, 0.25) is 0 Å². The van der Waals surface area contributed by atoms with E-state index in [1.807, 2.05) is 22.3 Å². The van der Waals surface area contributed by atoms with Gasteiger partial charge in [0, 0.05) is 36.3 Å². The second kappa shape index (κ2) is 36.4. The third-order valence-electron chi connectivity index (χ3n) is 34.8. The van der Waals surface area contributed by atoms with E-state index in [1.54, 1.807) is 25.7 Å². The molecule has 15 fully saturated rings. The predicted octanol–water partition coefficient (Wildman–Crippen LogP) is 28.5. The fourth-order valence-corrected chi connectivity index (χ4v) is 29.1. The molecule has 0 aromatic rings. The highest BCUT2D eigenvalue weighted by atomic mass is 15.3. The molecule has 15 aliphatic rings. The van der Waals surface area contributed by atoms with Crippen LogP contribution in [0.25, 0.3) is 0 Å². The summed E-state index contributed by atoms with van der Waals surface area (Å²) in [4.78, 5) is 7.31. The van der Waals surface area contributed by atoms with E-state index < -0.39 is 0 Å². The number of fused-ring (bicyclic) bond motifs is 2. The molecule has 4 atom stereocenters. The van der Waals surface area contributed by atoms with Gasteiger partial charge < -0.3 is 0 Å². The average molecular weight is 1370 g/mol. The summed E-state index contributed by atoms with van der Waals surface area (Å²) >= 11 is 0. The van der Waals surface area contributed by atoms with Crippen LogP contribution < -0.4 is 0 Å². The van der Waals surface area contributed by atoms with Crippen molar-refractivity contribution in [2.24, 2.45) is 118 Å². The van der Waals surface area contributed by atoms with Gasteiger partial charge >= 0.3 is 0 Å². The molecular weight excluding hydrogens is 1210 g/mol. The molecule has 0 amide bonds. The van der Waals surface area contributed by atoms with Gasteiger partial charge in [-0.2, -0.15) is 0 Å². The summed E-state index contributed by atoms with van der Waals surface area (Å²) in [6.45, 7) is 10.3. The van der Waals surface area contributed by atoms with Gasteiger partial charge in [0.25, 0.3) is 0 Å². The lowest BCUT2D eigenvalue weighted by Crippen LogP contribution is -2.69. The Morgan fingerprint density at radius 1 is 0.180 bits per heavy atom. The monoisotopic (exact) mass is 1370 g/mol. The van der Waals surface area contributed by atoms with Crippen LogP contribution in [0.5, 0.6) is 0 Å². The lowest BCUT2D eigenvalue weighted by Gasteiger charge is -2.64. The molecule has 0 heterocycles. The van der Waals surface area contributed by atoms with E-state index in [9.17, 15) is 0 Å². The largest absolute Gasteiger partial charge is 0.294 e. The topological polar surface area (TPSA) is 6.48 Å². The van der Waals surface area contributed by atoms with Crippen molar-refractivity contribution in [3.63, 3.8) is 0 Å². The molecule has 0 N–H and O–H groups in total. The summed E-state index contributed by atoms with van der Waals surface area (Å²) in [6.07, 6.45) is 103. The van der Waals surface area contributed by atoms with Gasteiger partial charge in [-0.3, -0.25) is 9.80 Å². The van der Waals surface area contributed by atoms with Crippen LogP contribution in [0.2, 0.25) is 0 Å². The van der Waals surface area contributed by atoms with Crippen molar-refractivity contribution in [3.8, 4) is 0 Å². The quantitative estimate of drug-likeness (QED) is 0.126. The minimum Gasteiger partial charge on any atom is -0.294 e. The van der Waals surface area contributed by atoms with E-state index in [0.717, 1.165) is 155 Å². The highest BCUT2D eigenvalue weighted by Gasteiger charge is 2.58. The molecule has 564 valence electrons. The van der Waals surface area contributed by atoms with Crippen LogP contribution in [-0.4, -0.2) is 46.1 Å². The van der Waals surface area contributed by atoms with Crippen LogP contribution in [0.15, 0.2) is 46.6 Å². The summed E-state index contributed by atoms with van der Waals surface area (Å²) in [5.74, 6) is 18.1. The Morgan fingerprint density at radius 2 is 0.350 bits per heavy atom. The SMILES string of the molecule is CC1CCC(/C(=C/C2CCC(N(C3CCC(/C=C(\C4CCCCC4)C4CCC(C)CC4)CC3)C3C4CCCCC4C(N(C4CCC(/C=C(\C5CCCCC5)C5CCC(C)CC5)CC4)C4CCC(/C=C(\C5CCCCC5)C5CCC(C)CC5)CC4)C4CCCCC43)CC2)C2CCCCC2)CC1. The van der Waals surface area contributed by atoms with Gasteiger partial charge in [-0.1, -0.05) is 228 Å². The van der Waals surface area contributed by atoms with Crippen molar-refractivity contribution in [2.45, 2.75) is 449 Å². The molecule has 100 heavy (non-hydrogen) atoms. The Bertz CT molecular complexity index is 2180. The summed E-state index contributed by atoms with van der Waals surface area (Å²) in [5, 5.41) is 0. The van der Waals surface area contributed by atoms with Crippen molar-refractivity contribution in [3.05, 3.63) is 46.6 Å². The maximum Gasteiger partial charge on any atom is 0.0164 e. The minimum absolute atomic E-state index is 0.818. The summed E-state index contributed by atoms with van der Waals surface area (Å²) in [7, 11) is 0. The van der Waals surface area contributed by atoms with Gasteiger partial charge in [0.1, 0.15) is 0 Å². The Kier molecular flexibility index (Phi) is 27.1. The van der Waals surface area contributed by atoms with Gasteiger partial charge in [-0.05, 0) is 350 Å². The van der Waals surface area contributed by atoms with Crippen molar-refractivity contribution >= 4 is 0 Å². The fraction of sp³-hybridized carbons (Fsp3) is 0.918. The molecule has 2 heteroatoms. The van der Waals surface area contributed by atoms with Crippen molar-refractivity contribution in [1.29, 1.82) is 0 Å². The van der Waals surface area contributed by atoms with E-state index in [-0.39, 0.29) is 0 Å². The maximum absolute atomic E-state index is 3.66. The number of hydrogen-bond acceptors (Lipinski definition) is 2. The zero-order valence-corrected chi connectivity index (χ0v) is 66.6. The first-order valence-corrected chi connectivity index (χ1v) is 47.6. The molecule has 15 aliphatic carbocycles. The predicted molar refractivity (Wildman–Crippen MR) is 428 cm³/mol. The minimum atomic E-state index is 0.818. The molecule has 0 aromatic heterocycles. The first-order chi connectivity index (χ1) is 49.2. The molecule has 0 saturated heterocycles. The van der Waals surface area contributed by atoms with Gasteiger partial charge in [0.15, 0.2) is 0 Å². The Morgan fingerprint density at radius 3 is 0.540 bits per heavy atom. The van der Waals surface area contributed by atoms with Crippen LogP contribution in [0.3, 0.4) is 0 Å². The molecule has 0 radical (unpaired) electrons.